The lowest BCUT2D eigenvalue weighted by molar-refractivity contribution is -0.143. The number of aliphatic carboxylic acids is 1. The molecule has 0 radical (unpaired) electrons. The summed E-state index contributed by atoms with van der Waals surface area (Å²) in [5.41, 5.74) is 4.29. The first-order chi connectivity index (χ1) is 18.4. The van der Waals surface area contributed by atoms with Crippen LogP contribution in [0.1, 0.15) is 85.9 Å². The van der Waals surface area contributed by atoms with Crippen LogP contribution in [0.3, 0.4) is 0 Å². The molecule has 0 bridgehead atoms. The Morgan fingerprint density at radius 1 is 1.29 bits per heavy atom. The van der Waals surface area contributed by atoms with Gasteiger partial charge >= 0.3 is 5.97 Å². The number of benzene rings is 1. The topological polar surface area (TPSA) is 108 Å². The number of nitrogens with zero attached hydrogens (tertiary/aromatic N) is 3. The van der Waals surface area contributed by atoms with Crippen molar-refractivity contribution in [2.24, 2.45) is 0 Å². The summed E-state index contributed by atoms with van der Waals surface area (Å²) in [6.07, 6.45) is 7.14. The van der Waals surface area contributed by atoms with Crippen LogP contribution in [-0.4, -0.2) is 60.4 Å². The van der Waals surface area contributed by atoms with Gasteiger partial charge in [0, 0.05) is 37.5 Å². The van der Waals surface area contributed by atoms with E-state index < -0.39 is 12.0 Å². The van der Waals surface area contributed by atoms with Crippen LogP contribution in [0.25, 0.3) is 0 Å². The fourth-order valence-corrected chi connectivity index (χ4v) is 5.48. The lowest BCUT2D eigenvalue weighted by Crippen LogP contribution is -2.34. The molecule has 1 aromatic carbocycles. The molecule has 1 fully saturated rings. The van der Waals surface area contributed by atoms with E-state index in [1.54, 1.807) is 6.07 Å². The highest BCUT2D eigenvalue weighted by Crippen LogP contribution is 2.37. The molecule has 1 saturated heterocycles. The number of pyridine rings is 1. The first kappa shape index (κ1) is 27.9. The number of ether oxygens (including phenoxy) is 2. The van der Waals surface area contributed by atoms with Gasteiger partial charge in [-0.25, -0.2) is 4.98 Å². The first-order valence-corrected chi connectivity index (χ1v) is 13.8. The molecule has 2 N–H and O–H groups in total. The Morgan fingerprint density at radius 2 is 2.13 bits per heavy atom. The van der Waals surface area contributed by atoms with E-state index in [2.05, 4.69) is 23.5 Å². The third-order valence-electron chi connectivity index (χ3n) is 7.58. The largest absolute Gasteiger partial charge is 0.495 e. The minimum Gasteiger partial charge on any atom is -0.495 e. The third-order valence-corrected chi connectivity index (χ3v) is 7.58. The minimum absolute atomic E-state index is 0.0000459. The zero-order chi connectivity index (χ0) is 27.1. The van der Waals surface area contributed by atoms with Crippen molar-refractivity contribution in [2.75, 3.05) is 38.7 Å². The highest BCUT2D eigenvalue weighted by Gasteiger charge is 2.36. The van der Waals surface area contributed by atoms with Crippen LogP contribution < -0.4 is 10.1 Å². The highest BCUT2D eigenvalue weighted by molar-refractivity contribution is 5.78. The molecule has 1 unspecified atom stereocenters. The van der Waals surface area contributed by atoms with Crippen molar-refractivity contribution in [3.05, 3.63) is 52.2 Å². The molecule has 8 nitrogen and oxygen atoms in total. The predicted octanol–water partition coefficient (Wildman–Crippen LogP) is 5.07. The summed E-state index contributed by atoms with van der Waals surface area (Å²) in [6.45, 7) is 6.90. The van der Waals surface area contributed by atoms with Gasteiger partial charge in [-0.2, -0.15) is 5.26 Å². The van der Waals surface area contributed by atoms with E-state index in [1.165, 1.54) is 19.1 Å². The zero-order valence-electron chi connectivity index (χ0n) is 22.8. The summed E-state index contributed by atoms with van der Waals surface area (Å²) < 4.78 is 11.7. The maximum absolute atomic E-state index is 12.4. The van der Waals surface area contributed by atoms with Crippen LogP contribution in [0, 0.1) is 11.3 Å². The molecule has 4 rings (SSSR count). The molecule has 204 valence electrons. The number of methoxy groups -OCH3 is 1. The van der Waals surface area contributed by atoms with Crippen molar-refractivity contribution in [3.63, 3.8) is 0 Å². The Morgan fingerprint density at radius 3 is 2.87 bits per heavy atom. The van der Waals surface area contributed by atoms with Crippen molar-refractivity contribution in [2.45, 2.75) is 76.9 Å². The molecule has 38 heavy (non-hydrogen) atoms. The van der Waals surface area contributed by atoms with E-state index in [0.717, 1.165) is 62.1 Å². The fraction of sp³-hybridized carbons (Fsp3) is 0.567. The molecule has 2 aliphatic heterocycles. The number of unbranched alkanes of at least 4 members (excludes halogenated alkanes) is 2. The number of nitriles is 1. The van der Waals surface area contributed by atoms with Crippen molar-refractivity contribution in [1.82, 2.24) is 9.88 Å². The summed E-state index contributed by atoms with van der Waals surface area (Å²) in [5, 5.41) is 23.3. The van der Waals surface area contributed by atoms with Gasteiger partial charge in [0.1, 0.15) is 23.7 Å². The molecule has 3 heterocycles. The number of aryl methyl sites for hydroxylation is 2. The number of aromatic nitrogens is 1. The number of fused-ring (bicyclic) bond motifs is 1. The van der Waals surface area contributed by atoms with Gasteiger partial charge in [0.05, 0.1) is 18.8 Å². The summed E-state index contributed by atoms with van der Waals surface area (Å²) in [4.78, 5) is 19.2. The number of anilines is 1. The number of likely N-dealkylation sites (tertiary alicyclic amines) is 1. The summed E-state index contributed by atoms with van der Waals surface area (Å²) in [7, 11) is 1.49. The maximum atomic E-state index is 12.4. The zero-order valence-corrected chi connectivity index (χ0v) is 22.8. The second-order valence-corrected chi connectivity index (χ2v) is 10.6. The van der Waals surface area contributed by atoms with Crippen LogP contribution in [0.5, 0.6) is 5.75 Å². The Hall–Kier alpha value is -3.15. The first-order valence-electron chi connectivity index (χ1n) is 13.8. The van der Waals surface area contributed by atoms with Gasteiger partial charge < -0.3 is 19.9 Å². The molecule has 8 heteroatoms. The monoisotopic (exact) mass is 520 g/mol. The third kappa shape index (κ3) is 6.64. The molecule has 0 saturated carbocycles. The predicted molar refractivity (Wildman–Crippen MR) is 147 cm³/mol. The molecule has 2 aromatic rings. The molecule has 0 amide bonds. The Bertz CT molecular complexity index is 1160. The second-order valence-electron chi connectivity index (χ2n) is 10.6. The summed E-state index contributed by atoms with van der Waals surface area (Å²) in [6, 6.07) is 9.32. The van der Waals surface area contributed by atoms with E-state index in [1.807, 2.05) is 24.8 Å². The van der Waals surface area contributed by atoms with E-state index in [-0.39, 0.29) is 12.0 Å². The summed E-state index contributed by atoms with van der Waals surface area (Å²) >= 11 is 0. The number of carbonyl (C=O) groups is 1. The average Bonchev–Trinajstić information content (AvgIpc) is 3.37. The SMILES string of the molecule is COc1c(C#N)cc(C(C)C)cc1C(C(=O)O)N1CC[C@@H](OCCCCCc2ccc3c(n2)NCCC3)C1. The number of carboxylic acid groups (broad SMARTS) is 1. The molecule has 2 atom stereocenters. The molecular weight excluding hydrogens is 480 g/mol. The number of nitrogens with one attached hydrogen (secondary N) is 1. The maximum Gasteiger partial charge on any atom is 0.325 e. The van der Waals surface area contributed by atoms with Crippen LogP contribution in [0.15, 0.2) is 24.3 Å². The highest BCUT2D eigenvalue weighted by atomic mass is 16.5. The quantitative estimate of drug-likeness (QED) is 0.374. The van der Waals surface area contributed by atoms with Crippen LogP contribution in [-0.2, 0) is 22.4 Å². The molecular formula is C30H40N4O4. The van der Waals surface area contributed by atoms with E-state index in [9.17, 15) is 15.2 Å². The van der Waals surface area contributed by atoms with Crippen LogP contribution in [0.4, 0.5) is 5.82 Å². The van der Waals surface area contributed by atoms with Gasteiger partial charge in [0.15, 0.2) is 0 Å². The molecule has 2 aliphatic rings. The number of hydrogen-bond donors (Lipinski definition) is 2. The van der Waals surface area contributed by atoms with Crippen molar-refractivity contribution in [3.8, 4) is 11.8 Å². The van der Waals surface area contributed by atoms with Gasteiger partial charge in [-0.05, 0) is 73.8 Å². The van der Waals surface area contributed by atoms with E-state index in [0.29, 0.717) is 36.6 Å². The van der Waals surface area contributed by atoms with E-state index >= 15 is 0 Å². The van der Waals surface area contributed by atoms with Crippen molar-refractivity contribution >= 4 is 11.8 Å². The van der Waals surface area contributed by atoms with Gasteiger partial charge in [-0.1, -0.05) is 26.3 Å². The average molecular weight is 521 g/mol. The van der Waals surface area contributed by atoms with Crippen LogP contribution >= 0.6 is 0 Å². The second kappa shape index (κ2) is 13.1. The fourth-order valence-electron chi connectivity index (χ4n) is 5.48. The standard InChI is InChI=1S/C30H40N4O4/c1-20(2)22-16-23(18-31)28(37-3)26(17-22)27(30(35)36)34-14-12-25(19-34)38-15-6-4-5-9-24-11-10-21-8-7-13-32-29(21)33-24/h10-11,16-17,20,25,27H,4-9,12-15,19H2,1-3H3,(H,32,33)(H,35,36)/t25-,27?/m1/s1. The normalized spacial score (nSPS) is 18.0. The van der Waals surface area contributed by atoms with Gasteiger partial charge in [-0.15, -0.1) is 0 Å². The van der Waals surface area contributed by atoms with Gasteiger partial charge in [0.2, 0.25) is 0 Å². The molecule has 0 spiro atoms. The number of carboxylic acids is 1. The van der Waals surface area contributed by atoms with Gasteiger partial charge in [-0.3, -0.25) is 9.69 Å². The Kier molecular flexibility index (Phi) is 9.59. The lowest BCUT2D eigenvalue weighted by atomic mass is 9.93. The Balaban J connectivity index is 1.28. The van der Waals surface area contributed by atoms with Crippen molar-refractivity contribution in [1.29, 1.82) is 5.26 Å². The lowest BCUT2D eigenvalue weighted by Gasteiger charge is -2.27. The van der Waals surface area contributed by atoms with Gasteiger partial charge in [0.25, 0.3) is 0 Å². The minimum atomic E-state index is -0.945. The molecule has 1 aromatic heterocycles. The number of rotatable bonds is 12. The number of hydrogen-bond acceptors (Lipinski definition) is 7. The Labute approximate surface area is 226 Å². The van der Waals surface area contributed by atoms with Crippen molar-refractivity contribution < 1.29 is 19.4 Å². The summed E-state index contributed by atoms with van der Waals surface area (Å²) in [5.74, 6) is 0.619. The van der Waals surface area contributed by atoms with E-state index in [4.69, 9.17) is 14.5 Å². The van der Waals surface area contributed by atoms with Crippen LogP contribution in [0.2, 0.25) is 0 Å². The molecule has 0 aliphatic carbocycles. The smallest absolute Gasteiger partial charge is 0.325 e.